The number of hydrogen-bond acceptors (Lipinski definition) is 3. The lowest BCUT2D eigenvalue weighted by Gasteiger charge is -2.08. The molecule has 2 rings (SSSR count). The molecule has 0 aliphatic heterocycles. The summed E-state index contributed by atoms with van der Waals surface area (Å²) < 4.78 is 12.7. The molecule has 0 aliphatic rings. The maximum atomic E-state index is 12.7. The topological polar surface area (TPSA) is 84.2 Å². The van der Waals surface area contributed by atoms with Gasteiger partial charge >= 0.3 is 0 Å². The minimum atomic E-state index is -0.497. The van der Waals surface area contributed by atoms with Crippen molar-refractivity contribution in [1.29, 1.82) is 0 Å². The van der Waals surface area contributed by atoms with Gasteiger partial charge in [-0.05, 0) is 42.0 Å². The van der Waals surface area contributed by atoms with Crippen LogP contribution in [0.5, 0.6) is 0 Å². The van der Waals surface area contributed by atoms with Crippen molar-refractivity contribution in [1.82, 2.24) is 5.32 Å². The predicted octanol–water partition coefficient (Wildman–Crippen LogP) is 1.65. The van der Waals surface area contributed by atoms with Crippen molar-refractivity contribution in [3.63, 3.8) is 0 Å². The first-order chi connectivity index (χ1) is 10.5. The van der Waals surface area contributed by atoms with Crippen LogP contribution >= 0.6 is 0 Å². The summed E-state index contributed by atoms with van der Waals surface area (Å²) in [5.74, 6) is -0.997. The molecule has 0 heterocycles. The van der Waals surface area contributed by atoms with Gasteiger partial charge in [0.2, 0.25) is 11.8 Å². The van der Waals surface area contributed by atoms with E-state index in [1.807, 2.05) is 0 Å². The van der Waals surface area contributed by atoms with Gasteiger partial charge in [-0.3, -0.25) is 9.59 Å². The first kappa shape index (κ1) is 15.5. The molecule has 0 unspecified atom stereocenters. The summed E-state index contributed by atoms with van der Waals surface area (Å²) in [4.78, 5) is 22.6. The molecule has 5 nitrogen and oxygen atoms in total. The van der Waals surface area contributed by atoms with E-state index in [-0.39, 0.29) is 18.3 Å². The van der Waals surface area contributed by atoms with Gasteiger partial charge in [0.05, 0.1) is 6.54 Å². The second kappa shape index (κ2) is 7.21. The number of nitrogens with two attached hydrogens (primary N) is 1. The Morgan fingerprint density at radius 3 is 2.23 bits per heavy atom. The maximum absolute atomic E-state index is 12.7. The molecule has 0 saturated carbocycles. The van der Waals surface area contributed by atoms with E-state index >= 15 is 0 Å². The standard InChI is InChI=1S/C16H16FN3O2/c17-13-5-1-11(2-6-13)9-20-15(21)10-19-14-7-3-12(4-8-14)16(18)22/h1-8,19H,9-10H2,(H2,18,22)(H,20,21). The normalized spacial score (nSPS) is 10.0. The fourth-order valence-corrected chi connectivity index (χ4v) is 1.80. The molecule has 2 aromatic carbocycles. The van der Waals surface area contributed by atoms with Crippen LogP contribution in [0.3, 0.4) is 0 Å². The van der Waals surface area contributed by atoms with E-state index < -0.39 is 5.91 Å². The third-order valence-electron chi connectivity index (χ3n) is 3.03. The SMILES string of the molecule is NC(=O)c1ccc(NCC(=O)NCc2ccc(F)cc2)cc1. The third kappa shape index (κ3) is 4.59. The Morgan fingerprint density at radius 1 is 1.00 bits per heavy atom. The van der Waals surface area contributed by atoms with Crippen LogP contribution in [0.15, 0.2) is 48.5 Å². The summed E-state index contributed by atoms with van der Waals surface area (Å²) in [5, 5.41) is 5.65. The van der Waals surface area contributed by atoms with Crippen molar-refractivity contribution >= 4 is 17.5 Å². The number of primary amides is 1. The van der Waals surface area contributed by atoms with E-state index in [1.54, 1.807) is 36.4 Å². The lowest BCUT2D eigenvalue weighted by molar-refractivity contribution is -0.119. The minimum Gasteiger partial charge on any atom is -0.376 e. The number of halogens is 1. The number of carbonyl (C=O) groups excluding carboxylic acids is 2. The zero-order chi connectivity index (χ0) is 15.9. The molecule has 0 aliphatic carbocycles. The monoisotopic (exact) mass is 301 g/mol. The van der Waals surface area contributed by atoms with Crippen LogP contribution in [0.2, 0.25) is 0 Å². The molecule has 4 N–H and O–H groups in total. The second-order valence-corrected chi connectivity index (χ2v) is 4.70. The molecule has 0 atom stereocenters. The molecule has 2 amide bonds. The summed E-state index contributed by atoms with van der Waals surface area (Å²) in [7, 11) is 0. The van der Waals surface area contributed by atoms with E-state index in [1.165, 1.54) is 12.1 Å². The number of anilines is 1. The summed E-state index contributed by atoms with van der Waals surface area (Å²) in [6, 6.07) is 12.4. The Hall–Kier alpha value is -2.89. The average molecular weight is 301 g/mol. The average Bonchev–Trinajstić information content (AvgIpc) is 2.52. The zero-order valence-corrected chi connectivity index (χ0v) is 11.8. The van der Waals surface area contributed by atoms with Crippen LogP contribution in [-0.4, -0.2) is 18.4 Å². The summed E-state index contributed by atoms with van der Waals surface area (Å²) in [5.41, 5.74) is 7.08. The van der Waals surface area contributed by atoms with Crippen molar-refractivity contribution in [2.24, 2.45) is 5.73 Å². The van der Waals surface area contributed by atoms with Crippen molar-refractivity contribution in [3.05, 3.63) is 65.5 Å². The van der Waals surface area contributed by atoms with E-state index in [0.29, 0.717) is 17.8 Å². The van der Waals surface area contributed by atoms with Gasteiger partial charge < -0.3 is 16.4 Å². The van der Waals surface area contributed by atoms with Crippen molar-refractivity contribution in [2.45, 2.75) is 6.54 Å². The van der Waals surface area contributed by atoms with Crippen LogP contribution in [-0.2, 0) is 11.3 Å². The summed E-state index contributed by atoms with van der Waals surface area (Å²) in [6.45, 7) is 0.429. The highest BCUT2D eigenvalue weighted by atomic mass is 19.1. The number of benzene rings is 2. The van der Waals surface area contributed by atoms with E-state index in [2.05, 4.69) is 10.6 Å². The van der Waals surface area contributed by atoms with Crippen LogP contribution in [0.4, 0.5) is 10.1 Å². The zero-order valence-electron chi connectivity index (χ0n) is 11.8. The van der Waals surface area contributed by atoms with E-state index in [0.717, 1.165) is 5.56 Å². The number of rotatable bonds is 6. The number of hydrogen-bond donors (Lipinski definition) is 3. The van der Waals surface area contributed by atoms with Crippen molar-refractivity contribution in [2.75, 3.05) is 11.9 Å². The van der Waals surface area contributed by atoms with Gasteiger partial charge in [-0.1, -0.05) is 12.1 Å². The predicted molar refractivity (Wildman–Crippen MR) is 81.7 cm³/mol. The van der Waals surface area contributed by atoms with Crippen LogP contribution in [0, 0.1) is 5.82 Å². The van der Waals surface area contributed by atoms with Gasteiger partial charge in [-0.2, -0.15) is 0 Å². The molecule has 0 radical (unpaired) electrons. The van der Waals surface area contributed by atoms with Crippen molar-refractivity contribution < 1.29 is 14.0 Å². The Labute approximate surface area is 127 Å². The van der Waals surface area contributed by atoms with Gasteiger partial charge in [0.15, 0.2) is 0 Å². The molecule has 6 heteroatoms. The molecule has 114 valence electrons. The molecule has 0 aromatic heterocycles. The Morgan fingerprint density at radius 2 is 1.64 bits per heavy atom. The minimum absolute atomic E-state index is 0.0944. The molecule has 0 saturated heterocycles. The molecule has 0 fully saturated rings. The fraction of sp³-hybridized carbons (Fsp3) is 0.125. The first-order valence-electron chi connectivity index (χ1n) is 6.69. The van der Waals surface area contributed by atoms with Gasteiger partial charge in [0, 0.05) is 17.8 Å². The second-order valence-electron chi connectivity index (χ2n) is 4.70. The highest BCUT2D eigenvalue weighted by Crippen LogP contribution is 2.08. The molecular weight excluding hydrogens is 285 g/mol. The molecule has 0 spiro atoms. The first-order valence-corrected chi connectivity index (χ1v) is 6.69. The third-order valence-corrected chi connectivity index (χ3v) is 3.03. The van der Waals surface area contributed by atoms with E-state index in [9.17, 15) is 14.0 Å². The highest BCUT2D eigenvalue weighted by Gasteiger charge is 2.03. The lowest BCUT2D eigenvalue weighted by Crippen LogP contribution is -2.29. The van der Waals surface area contributed by atoms with Crippen LogP contribution in [0.25, 0.3) is 0 Å². The molecular formula is C16H16FN3O2. The highest BCUT2D eigenvalue weighted by molar-refractivity contribution is 5.93. The Kier molecular flexibility index (Phi) is 5.08. The van der Waals surface area contributed by atoms with E-state index in [4.69, 9.17) is 5.73 Å². The maximum Gasteiger partial charge on any atom is 0.248 e. The number of carbonyl (C=O) groups is 2. The summed E-state index contributed by atoms with van der Waals surface area (Å²) >= 11 is 0. The summed E-state index contributed by atoms with van der Waals surface area (Å²) in [6.07, 6.45) is 0. The smallest absolute Gasteiger partial charge is 0.248 e. The number of nitrogens with one attached hydrogen (secondary N) is 2. The van der Waals surface area contributed by atoms with Gasteiger partial charge in [0.25, 0.3) is 0 Å². The van der Waals surface area contributed by atoms with Gasteiger partial charge in [-0.25, -0.2) is 4.39 Å². The number of amides is 2. The van der Waals surface area contributed by atoms with Crippen LogP contribution in [0.1, 0.15) is 15.9 Å². The van der Waals surface area contributed by atoms with Crippen LogP contribution < -0.4 is 16.4 Å². The quantitative estimate of drug-likeness (QED) is 0.758. The Bertz CT molecular complexity index is 654. The van der Waals surface area contributed by atoms with Crippen molar-refractivity contribution in [3.8, 4) is 0 Å². The lowest BCUT2D eigenvalue weighted by atomic mass is 10.2. The largest absolute Gasteiger partial charge is 0.376 e. The van der Waals surface area contributed by atoms with Gasteiger partial charge in [0.1, 0.15) is 5.82 Å². The van der Waals surface area contributed by atoms with Gasteiger partial charge in [-0.15, -0.1) is 0 Å². The Balaban J connectivity index is 1.77. The molecule has 0 bridgehead atoms. The molecule has 2 aromatic rings. The fourth-order valence-electron chi connectivity index (χ4n) is 1.80. The molecule has 22 heavy (non-hydrogen) atoms.